The number of aromatic nitrogens is 3. The van der Waals surface area contributed by atoms with E-state index in [4.69, 9.17) is 0 Å². The Morgan fingerprint density at radius 1 is 1.21 bits per heavy atom. The maximum Gasteiger partial charge on any atom is 0.417 e. The van der Waals surface area contributed by atoms with Crippen molar-refractivity contribution in [3.05, 3.63) is 81.4 Å². The van der Waals surface area contributed by atoms with Crippen LogP contribution in [0.5, 0.6) is 0 Å². The van der Waals surface area contributed by atoms with Gasteiger partial charge in [0.15, 0.2) is 5.82 Å². The van der Waals surface area contributed by atoms with Gasteiger partial charge in [0, 0.05) is 30.0 Å². The van der Waals surface area contributed by atoms with E-state index in [1.807, 2.05) is 25.2 Å². The van der Waals surface area contributed by atoms with Crippen molar-refractivity contribution < 1.29 is 13.2 Å². The lowest BCUT2D eigenvalue weighted by Crippen LogP contribution is -2.37. The monoisotopic (exact) mass is 402 g/mol. The highest BCUT2D eigenvalue weighted by molar-refractivity contribution is 5.31. The summed E-state index contributed by atoms with van der Waals surface area (Å²) in [5.74, 6) is 0.159. The summed E-state index contributed by atoms with van der Waals surface area (Å²) in [6, 6.07) is 12.5. The van der Waals surface area contributed by atoms with Crippen molar-refractivity contribution in [2.75, 3.05) is 7.05 Å². The van der Waals surface area contributed by atoms with Gasteiger partial charge in [-0.3, -0.25) is 14.8 Å². The number of aromatic amines is 1. The lowest BCUT2D eigenvalue weighted by Gasteiger charge is -2.30. The van der Waals surface area contributed by atoms with Gasteiger partial charge in [-0.2, -0.15) is 13.2 Å². The maximum absolute atomic E-state index is 12.9. The van der Waals surface area contributed by atoms with E-state index in [2.05, 4.69) is 27.1 Å². The molecule has 1 aliphatic carbocycles. The summed E-state index contributed by atoms with van der Waals surface area (Å²) >= 11 is 0. The minimum absolute atomic E-state index is 0.159. The second-order valence-electron chi connectivity index (χ2n) is 7.41. The summed E-state index contributed by atoms with van der Waals surface area (Å²) in [7, 11) is 2.05. The van der Waals surface area contributed by atoms with Crippen LogP contribution < -0.4 is 5.56 Å². The topological polar surface area (TPSA) is 53.9 Å². The summed E-state index contributed by atoms with van der Waals surface area (Å²) in [5, 5.41) is 3.03. The number of rotatable bonds is 4. The minimum atomic E-state index is -4.46. The van der Waals surface area contributed by atoms with Crippen LogP contribution in [0.25, 0.3) is 5.82 Å². The highest BCUT2D eigenvalue weighted by Gasteiger charge is 2.31. The summed E-state index contributed by atoms with van der Waals surface area (Å²) in [5.41, 5.74) is 1.64. The first-order chi connectivity index (χ1) is 13.8. The van der Waals surface area contributed by atoms with Gasteiger partial charge >= 0.3 is 6.18 Å². The van der Waals surface area contributed by atoms with Gasteiger partial charge in [-0.25, -0.2) is 9.67 Å². The molecule has 1 N–H and O–H groups in total. The molecule has 0 radical (unpaired) electrons. The number of aryl methyl sites for hydroxylation is 1. The molecule has 8 heteroatoms. The first-order valence-corrected chi connectivity index (χ1v) is 9.43. The number of nitrogens with zero attached hydrogens (tertiary/aromatic N) is 3. The Morgan fingerprint density at radius 3 is 2.62 bits per heavy atom. The third-order valence-electron chi connectivity index (χ3n) is 5.44. The van der Waals surface area contributed by atoms with Crippen molar-refractivity contribution in [3.8, 4) is 5.82 Å². The molecule has 2 heterocycles. The molecule has 3 aromatic rings. The van der Waals surface area contributed by atoms with Crippen molar-refractivity contribution >= 4 is 0 Å². The zero-order valence-corrected chi connectivity index (χ0v) is 15.9. The van der Waals surface area contributed by atoms with Crippen molar-refractivity contribution in [2.45, 2.75) is 38.0 Å². The van der Waals surface area contributed by atoms with Crippen LogP contribution in [0.2, 0.25) is 0 Å². The van der Waals surface area contributed by atoms with E-state index in [0.29, 0.717) is 18.4 Å². The summed E-state index contributed by atoms with van der Waals surface area (Å²) in [4.78, 5) is 18.9. The van der Waals surface area contributed by atoms with Crippen LogP contribution in [0.15, 0.2) is 53.5 Å². The van der Waals surface area contributed by atoms with Gasteiger partial charge < -0.3 is 0 Å². The third kappa shape index (κ3) is 3.98. The molecule has 0 amide bonds. The molecule has 1 atom stereocenters. The normalized spacial score (nSPS) is 16.8. The Hall–Kier alpha value is -2.87. The lowest BCUT2D eigenvalue weighted by molar-refractivity contribution is -0.137. The molecule has 2 aromatic heterocycles. The molecule has 0 spiro atoms. The van der Waals surface area contributed by atoms with Crippen molar-refractivity contribution in [2.24, 2.45) is 0 Å². The Labute approximate surface area is 165 Å². The molecule has 29 heavy (non-hydrogen) atoms. The molecule has 1 aliphatic rings. The fourth-order valence-electron chi connectivity index (χ4n) is 3.81. The van der Waals surface area contributed by atoms with Crippen molar-refractivity contribution in [1.82, 2.24) is 19.7 Å². The van der Waals surface area contributed by atoms with Gasteiger partial charge in [-0.15, -0.1) is 0 Å². The highest BCUT2D eigenvalue weighted by Crippen LogP contribution is 2.29. The molecule has 0 saturated carbocycles. The number of alkyl halides is 3. The van der Waals surface area contributed by atoms with Gasteiger partial charge in [0.25, 0.3) is 5.56 Å². The smallest absolute Gasteiger partial charge is 0.299 e. The summed E-state index contributed by atoms with van der Waals surface area (Å²) < 4.78 is 39.5. The predicted molar refractivity (Wildman–Crippen MR) is 103 cm³/mol. The zero-order valence-electron chi connectivity index (χ0n) is 15.9. The van der Waals surface area contributed by atoms with Gasteiger partial charge in [0.1, 0.15) is 0 Å². The molecule has 1 aromatic carbocycles. The molecule has 5 nitrogen and oxygen atoms in total. The molecule has 4 rings (SSSR count). The molecular weight excluding hydrogens is 381 g/mol. The molecule has 152 valence electrons. The van der Waals surface area contributed by atoms with Gasteiger partial charge in [-0.1, -0.05) is 30.3 Å². The first-order valence-electron chi connectivity index (χ1n) is 9.43. The number of hydrogen-bond acceptors (Lipinski definition) is 3. The number of benzene rings is 1. The molecular formula is C21H21F3N4O. The van der Waals surface area contributed by atoms with Gasteiger partial charge in [0.2, 0.25) is 0 Å². The van der Waals surface area contributed by atoms with Crippen LogP contribution in [0, 0.1) is 0 Å². The van der Waals surface area contributed by atoms with Crippen LogP contribution in [0.3, 0.4) is 0 Å². The number of nitrogens with one attached hydrogen (secondary N) is 1. The third-order valence-corrected chi connectivity index (χ3v) is 5.44. The van der Waals surface area contributed by atoms with E-state index >= 15 is 0 Å². The van der Waals surface area contributed by atoms with E-state index in [9.17, 15) is 18.0 Å². The summed E-state index contributed by atoms with van der Waals surface area (Å²) in [6.45, 7) is 0.792. The second kappa shape index (κ2) is 7.51. The number of pyridine rings is 1. The fraction of sp³-hybridized carbons (Fsp3) is 0.333. The standard InChI is InChI=1S/C21H21F3N4O/c1-27(13-14-5-3-2-4-6-14)16-8-9-18-17(11-16)20(29)28(26-18)19-10-7-15(12-25-19)21(22,23)24/h2-7,10,12,16,26H,8-9,11,13H2,1H3. The number of hydrogen-bond donors (Lipinski definition) is 1. The van der Waals surface area contributed by atoms with Gasteiger partial charge in [0.05, 0.1) is 5.56 Å². The first kappa shape index (κ1) is 19.4. The van der Waals surface area contributed by atoms with E-state index in [1.165, 1.54) is 16.3 Å². The summed E-state index contributed by atoms with van der Waals surface area (Å²) in [6.07, 6.45) is -1.50. The van der Waals surface area contributed by atoms with Crippen LogP contribution in [0.1, 0.15) is 28.8 Å². The quantitative estimate of drug-likeness (QED) is 0.726. The van der Waals surface area contributed by atoms with Crippen LogP contribution >= 0.6 is 0 Å². The molecule has 0 bridgehead atoms. The number of H-pyrrole nitrogens is 1. The van der Waals surface area contributed by atoms with Crippen molar-refractivity contribution in [1.29, 1.82) is 0 Å². The van der Waals surface area contributed by atoms with E-state index < -0.39 is 11.7 Å². The second-order valence-corrected chi connectivity index (χ2v) is 7.41. The van der Waals surface area contributed by atoms with Gasteiger partial charge in [-0.05, 0) is 44.0 Å². The average Bonchev–Trinajstić information content (AvgIpc) is 3.04. The van der Waals surface area contributed by atoms with Crippen LogP contribution in [0.4, 0.5) is 13.2 Å². The van der Waals surface area contributed by atoms with Crippen LogP contribution in [-0.2, 0) is 25.6 Å². The average molecular weight is 402 g/mol. The van der Waals surface area contributed by atoms with E-state index in [0.717, 1.165) is 30.9 Å². The fourth-order valence-corrected chi connectivity index (χ4v) is 3.81. The maximum atomic E-state index is 12.9. The molecule has 1 unspecified atom stereocenters. The number of fused-ring (bicyclic) bond motifs is 1. The Morgan fingerprint density at radius 2 is 1.97 bits per heavy atom. The van der Waals surface area contributed by atoms with E-state index in [1.54, 1.807) is 0 Å². The molecule has 0 saturated heterocycles. The van der Waals surface area contributed by atoms with Crippen LogP contribution in [-0.4, -0.2) is 32.8 Å². The number of halogens is 3. The van der Waals surface area contributed by atoms with E-state index in [-0.39, 0.29) is 17.4 Å². The SMILES string of the molecule is CN(Cc1ccccc1)C1CCc2[nH]n(-c3ccc(C(F)(F)F)cn3)c(=O)c2C1. The van der Waals surface area contributed by atoms with Crippen molar-refractivity contribution in [3.63, 3.8) is 0 Å². The molecule has 0 fully saturated rings. The largest absolute Gasteiger partial charge is 0.417 e. The predicted octanol–water partition coefficient (Wildman–Crippen LogP) is 3.57. The Bertz CT molecular complexity index is 1040. The Kier molecular flexibility index (Phi) is 5.04. The molecule has 0 aliphatic heterocycles. The lowest BCUT2D eigenvalue weighted by atomic mass is 9.92. The number of likely N-dealkylation sites (N-methyl/N-ethyl adjacent to an activating group) is 1. The minimum Gasteiger partial charge on any atom is -0.299 e. The zero-order chi connectivity index (χ0) is 20.6. The Balaban J connectivity index is 1.54. The highest BCUT2D eigenvalue weighted by atomic mass is 19.4.